The normalized spacial score (nSPS) is 13.2. The van der Waals surface area contributed by atoms with E-state index in [0.29, 0.717) is 0 Å². The van der Waals surface area contributed by atoms with Crippen molar-refractivity contribution in [2.24, 2.45) is 0 Å². The molecular formula is C13H12BrClN2O2S. The summed E-state index contributed by atoms with van der Waals surface area (Å²) in [7, 11) is -3.71. The van der Waals surface area contributed by atoms with E-state index in [9.17, 15) is 8.42 Å². The fourth-order valence-electron chi connectivity index (χ4n) is 1.70. The minimum atomic E-state index is -3.71. The van der Waals surface area contributed by atoms with Crippen LogP contribution >= 0.6 is 27.5 Å². The van der Waals surface area contributed by atoms with Gasteiger partial charge < -0.3 is 0 Å². The summed E-state index contributed by atoms with van der Waals surface area (Å²) in [5.74, 6) is 0. The number of nitrogens with zero attached hydrogens (tertiary/aromatic N) is 1. The molecular weight excluding hydrogens is 364 g/mol. The second-order valence-corrected chi connectivity index (χ2v) is 7.21. The van der Waals surface area contributed by atoms with E-state index >= 15 is 0 Å². The van der Waals surface area contributed by atoms with E-state index in [1.54, 1.807) is 6.92 Å². The summed E-state index contributed by atoms with van der Waals surface area (Å²) < 4.78 is 28.0. The van der Waals surface area contributed by atoms with Gasteiger partial charge in [0.2, 0.25) is 10.0 Å². The van der Waals surface area contributed by atoms with Gasteiger partial charge >= 0.3 is 0 Å². The molecule has 1 heterocycles. The molecule has 0 aliphatic rings. The second-order valence-electron chi connectivity index (χ2n) is 4.20. The van der Waals surface area contributed by atoms with Crippen molar-refractivity contribution in [1.29, 1.82) is 0 Å². The molecule has 1 unspecified atom stereocenters. The summed E-state index contributed by atoms with van der Waals surface area (Å²) in [5.41, 5.74) is 0.850. The third kappa shape index (κ3) is 3.58. The van der Waals surface area contributed by atoms with Gasteiger partial charge in [-0.05, 0) is 30.7 Å². The molecule has 7 heteroatoms. The van der Waals surface area contributed by atoms with Crippen LogP contribution in [0.3, 0.4) is 0 Å². The first kappa shape index (κ1) is 15.4. The van der Waals surface area contributed by atoms with Gasteiger partial charge in [0.05, 0.1) is 5.02 Å². The van der Waals surface area contributed by atoms with Crippen LogP contribution < -0.4 is 4.72 Å². The molecule has 1 atom stereocenters. The zero-order valence-electron chi connectivity index (χ0n) is 10.5. The number of rotatable bonds is 4. The van der Waals surface area contributed by atoms with E-state index in [1.807, 2.05) is 24.3 Å². The number of sulfonamides is 1. The Kier molecular flexibility index (Phi) is 4.80. The van der Waals surface area contributed by atoms with Gasteiger partial charge in [-0.2, -0.15) is 0 Å². The topological polar surface area (TPSA) is 59.1 Å². The minimum Gasteiger partial charge on any atom is -0.263 e. The molecule has 1 aromatic heterocycles. The lowest BCUT2D eigenvalue weighted by molar-refractivity contribution is 0.566. The van der Waals surface area contributed by atoms with Crippen LogP contribution in [0, 0.1) is 0 Å². The lowest BCUT2D eigenvalue weighted by Gasteiger charge is -2.15. The number of halogens is 2. The van der Waals surface area contributed by atoms with Crippen LogP contribution in [0.15, 0.2) is 52.1 Å². The van der Waals surface area contributed by atoms with Gasteiger partial charge in [-0.1, -0.05) is 39.7 Å². The monoisotopic (exact) mass is 374 g/mol. The maximum absolute atomic E-state index is 12.3. The van der Waals surface area contributed by atoms with E-state index in [4.69, 9.17) is 11.6 Å². The molecule has 2 aromatic rings. The summed E-state index contributed by atoms with van der Waals surface area (Å²) in [6.07, 6.45) is 2.68. The Hall–Kier alpha value is -0.950. The van der Waals surface area contributed by atoms with Crippen LogP contribution in [-0.2, 0) is 10.0 Å². The van der Waals surface area contributed by atoms with Crippen LogP contribution in [0.25, 0.3) is 0 Å². The molecule has 0 aliphatic carbocycles. The molecule has 106 valence electrons. The smallest absolute Gasteiger partial charge is 0.244 e. The van der Waals surface area contributed by atoms with Gasteiger partial charge in [0.15, 0.2) is 0 Å². The summed E-state index contributed by atoms with van der Waals surface area (Å²) in [4.78, 5) is 3.77. The molecule has 4 nitrogen and oxygen atoms in total. The first-order valence-corrected chi connectivity index (χ1v) is 8.43. The Labute approximate surface area is 131 Å². The van der Waals surface area contributed by atoms with E-state index in [0.717, 1.165) is 10.0 Å². The fourth-order valence-corrected chi connectivity index (χ4v) is 3.78. The molecule has 1 N–H and O–H groups in total. The van der Waals surface area contributed by atoms with Crippen LogP contribution in [0.1, 0.15) is 18.5 Å². The van der Waals surface area contributed by atoms with Crippen LogP contribution in [0.2, 0.25) is 5.02 Å². The third-order valence-electron chi connectivity index (χ3n) is 2.70. The highest BCUT2D eigenvalue weighted by atomic mass is 79.9. The molecule has 0 saturated carbocycles. The molecule has 0 saturated heterocycles. The molecule has 1 aromatic carbocycles. The number of hydrogen-bond acceptors (Lipinski definition) is 3. The van der Waals surface area contributed by atoms with Crippen molar-refractivity contribution in [3.8, 4) is 0 Å². The van der Waals surface area contributed by atoms with Crippen molar-refractivity contribution < 1.29 is 8.42 Å². The molecule has 0 fully saturated rings. The third-order valence-corrected chi connectivity index (χ3v) is 5.21. The molecule has 0 amide bonds. The maximum Gasteiger partial charge on any atom is 0.244 e. The highest BCUT2D eigenvalue weighted by Gasteiger charge is 2.21. The molecule has 2 rings (SSSR count). The van der Waals surface area contributed by atoms with Gasteiger partial charge in [0, 0.05) is 22.9 Å². The highest BCUT2D eigenvalue weighted by Crippen LogP contribution is 2.23. The quantitative estimate of drug-likeness (QED) is 0.889. The zero-order chi connectivity index (χ0) is 14.8. The van der Waals surface area contributed by atoms with Gasteiger partial charge in [0.1, 0.15) is 4.90 Å². The van der Waals surface area contributed by atoms with E-state index in [-0.39, 0.29) is 16.0 Å². The van der Waals surface area contributed by atoms with Crippen LogP contribution in [-0.4, -0.2) is 13.4 Å². The molecule has 20 heavy (non-hydrogen) atoms. The average Bonchev–Trinajstić information content (AvgIpc) is 2.38. The first-order chi connectivity index (χ1) is 9.40. The Morgan fingerprint density at radius 2 is 2.10 bits per heavy atom. The van der Waals surface area contributed by atoms with Gasteiger partial charge in [-0.15, -0.1) is 0 Å². The second kappa shape index (κ2) is 6.22. The van der Waals surface area contributed by atoms with Crippen molar-refractivity contribution in [2.75, 3.05) is 0 Å². The predicted molar refractivity (Wildman–Crippen MR) is 82.1 cm³/mol. The summed E-state index contributed by atoms with van der Waals surface area (Å²) in [5, 5.41) is 0.147. The first-order valence-electron chi connectivity index (χ1n) is 5.77. The zero-order valence-corrected chi connectivity index (χ0v) is 13.7. The van der Waals surface area contributed by atoms with Gasteiger partial charge in [-0.25, -0.2) is 13.1 Å². The van der Waals surface area contributed by atoms with Gasteiger partial charge in [0.25, 0.3) is 0 Å². The summed E-state index contributed by atoms with van der Waals surface area (Å²) >= 11 is 9.26. The number of hydrogen-bond donors (Lipinski definition) is 1. The Morgan fingerprint density at radius 1 is 1.35 bits per heavy atom. The summed E-state index contributed by atoms with van der Waals surface area (Å²) in [6.45, 7) is 1.77. The lowest BCUT2D eigenvalue weighted by atomic mass is 10.1. The lowest BCUT2D eigenvalue weighted by Crippen LogP contribution is -2.27. The molecule has 0 bridgehead atoms. The maximum atomic E-state index is 12.3. The van der Waals surface area contributed by atoms with Crippen molar-refractivity contribution in [2.45, 2.75) is 17.9 Å². The Bertz CT molecular complexity index is 722. The van der Waals surface area contributed by atoms with Gasteiger partial charge in [-0.3, -0.25) is 4.98 Å². The Morgan fingerprint density at radius 3 is 2.75 bits per heavy atom. The number of aromatic nitrogens is 1. The minimum absolute atomic E-state index is 0.0245. The van der Waals surface area contributed by atoms with Crippen LogP contribution in [0.5, 0.6) is 0 Å². The summed E-state index contributed by atoms with van der Waals surface area (Å²) in [6, 6.07) is 8.50. The van der Waals surface area contributed by atoms with E-state index < -0.39 is 10.0 Å². The number of pyridine rings is 1. The van der Waals surface area contributed by atoms with Crippen molar-refractivity contribution in [3.63, 3.8) is 0 Å². The van der Waals surface area contributed by atoms with E-state index in [1.165, 1.54) is 18.5 Å². The average molecular weight is 376 g/mol. The van der Waals surface area contributed by atoms with Crippen LogP contribution in [0.4, 0.5) is 0 Å². The highest BCUT2D eigenvalue weighted by molar-refractivity contribution is 9.10. The molecule has 0 aliphatic heterocycles. The fraction of sp³-hybridized carbons (Fsp3) is 0.154. The van der Waals surface area contributed by atoms with Crippen molar-refractivity contribution in [3.05, 3.63) is 57.8 Å². The SMILES string of the molecule is CC(NS(=O)(=O)c1cnccc1Cl)c1cccc(Br)c1. The standard InChI is InChI=1S/C13H12BrClN2O2S/c1-9(10-3-2-4-11(14)7-10)17-20(18,19)13-8-16-6-5-12(13)15/h2-9,17H,1H3. The predicted octanol–water partition coefficient (Wildman–Crippen LogP) is 3.54. The molecule has 0 spiro atoms. The van der Waals surface area contributed by atoms with Crippen molar-refractivity contribution in [1.82, 2.24) is 9.71 Å². The largest absolute Gasteiger partial charge is 0.263 e. The molecule has 0 radical (unpaired) electrons. The Balaban J connectivity index is 2.27. The number of nitrogens with one attached hydrogen (secondary N) is 1. The number of benzene rings is 1. The van der Waals surface area contributed by atoms with E-state index in [2.05, 4.69) is 25.6 Å². The van der Waals surface area contributed by atoms with Crippen molar-refractivity contribution >= 4 is 37.6 Å².